The molecule has 5 heteroatoms. The molecule has 0 aromatic heterocycles. The summed E-state index contributed by atoms with van der Waals surface area (Å²) in [4.78, 5) is 4.70. The Morgan fingerprint density at radius 1 is 1.25 bits per heavy atom. The van der Waals surface area contributed by atoms with Crippen molar-refractivity contribution >= 4 is 5.96 Å². The lowest BCUT2D eigenvalue weighted by Gasteiger charge is -2.40. The van der Waals surface area contributed by atoms with Crippen molar-refractivity contribution in [3.63, 3.8) is 0 Å². The molecule has 1 unspecified atom stereocenters. The minimum Gasteiger partial charge on any atom is -0.370 e. The summed E-state index contributed by atoms with van der Waals surface area (Å²) in [5.74, 6) is 0.958. The molecule has 1 aromatic rings. The van der Waals surface area contributed by atoms with E-state index in [1.54, 1.807) is 0 Å². The Hall–Kier alpha value is -1.59. The lowest BCUT2D eigenvalue weighted by molar-refractivity contribution is 0.137. The van der Waals surface area contributed by atoms with Crippen molar-refractivity contribution in [1.29, 1.82) is 5.41 Å². The lowest BCUT2D eigenvalue weighted by Crippen LogP contribution is -2.56. The van der Waals surface area contributed by atoms with Crippen molar-refractivity contribution in [3.05, 3.63) is 35.9 Å². The van der Waals surface area contributed by atoms with Crippen molar-refractivity contribution in [2.45, 2.75) is 31.7 Å². The van der Waals surface area contributed by atoms with Gasteiger partial charge in [-0.15, -0.1) is 0 Å². The quantitative estimate of drug-likeness (QED) is 0.566. The highest BCUT2D eigenvalue weighted by Gasteiger charge is 2.28. The van der Waals surface area contributed by atoms with Gasteiger partial charge >= 0.3 is 0 Å². The Bertz CT molecular complexity index is 518. The fraction of sp³-hybridized carbons (Fsp3) is 0.632. The zero-order valence-corrected chi connectivity index (χ0v) is 14.6. The third kappa shape index (κ3) is 4.71. The summed E-state index contributed by atoms with van der Waals surface area (Å²) in [5, 5.41) is 11.3. The van der Waals surface area contributed by atoms with Crippen molar-refractivity contribution < 1.29 is 0 Å². The minimum absolute atomic E-state index is 0.234. The van der Waals surface area contributed by atoms with Crippen molar-refractivity contribution in [2.24, 2.45) is 11.7 Å². The Balaban J connectivity index is 1.49. The molecule has 24 heavy (non-hydrogen) atoms. The van der Waals surface area contributed by atoms with Crippen LogP contribution in [0.4, 0.5) is 0 Å². The van der Waals surface area contributed by atoms with E-state index in [0.717, 1.165) is 44.9 Å². The van der Waals surface area contributed by atoms with Gasteiger partial charge in [0.25, 0.3) is 0 Å². The molecule has 2 saturated heterocycles. The summed E-state index contributed by atoms with van der Waals surface area (Å²) in [5.41, 5.74) is 7.20. The molecule has 2 aliphatic heterocycles. The van der Waals surface area contributed by atoms with Crippen LogP contribution in [0.5, 0.6) is 0 Å². The molecular formula is C19H31N5. The molecule has 2 fully saturated rings. The molecule has 132 valence electrons. The topological polar surface area (TPSA) is 68.4 Å². The lowest BCUT2D eigenvalue weighted by atomic mass is 9.90. The number of nitrogens with two attached hydrogens (primary N) is 1. The normalized spacial score (nSPS) is 25.6. The molecule has 0 radical (unpaired) electrons. The predicted molar refractivity (Wildman–Crippen MR) is 99.2 cm³/mol. The van der Waals surface area contributed by atoms with Crippen LogP contribution >= 0.6 is 0 Å². The van der Waals surface area contributed by atoms with Gasteiger partial charge in [-0.05, 0) is 43.7 Å². The fourth-order valence-electron chi connectivity index (χ4n) is 4.15. The predicted octanol–water partition coefficient (Wildman–Crippen LogP) is 1.50. The van der Waals surface area contributed by atoms with Gasteiger partial charge in [0.1, 0.15) is 0 Å². The van der Waals surface area contributed by atoms with Gasteiger partial charge < -0.3 is 20.9 Å². The zero-order chi connectivity index (χ0) is 16.8. The van der Waals surface area contributed by atoms with Gasteiger partial charge in [-0.1, -0.05) is 30.3 Å². The number of hydrogen-bond acceptors (Lipinski definition) is 3. The van der Waals surface area contributed by atoms with Crippen LogP contribution in [-0.4, -0.2) is 61.1 Å². The molecule has 2 atom stereocenters. The van der Waals surface area contributed by atoms with Gasteiger partial charge in [0.15, 0.2) is 5.96 Å². The van der Waals surface area contributed by atoms with Gasteiger partial charge in [0, 0.05) is 38.8 Å². The number of benzene rings is 1. The third-order valence-electron chi connectivity index (χ3n) is 5.43. The second-order valence-electron chi connectivity index (χ2n) is 7.22. The Kier molecular flexibility index (Phi) is 6.10. The van der Waals surface area contributed by atoms with Gasteiger partial charge in [-0.25, -0.2) is 0 Å². The number of nitrogens with one attached hydrogen (secondary N) is 2. The van der Waals surface area contributed by atoms with Crippen LogP contribution in [0.3, 0.4) is 0 Å². The van der Waals surface area contributed by atoms with Crippen molar-refractivity contribution in [1.82, 2.24) is 15.1 Å². The molecule has 2 heterocycles. The number of likely N-dealkylation sites (tertiary alicyclic amines) is 1. The first-order valence-electron chi connectivity index (χ1n) is 9.30. The Morgan fingerprint density at radius 3 is 2.88 bits per heavy atom. The van der Waals surface area contributed by atoms with E-state index in [1.807, 2.05) is 0 Å². The maximum atomic E-state index is 7.80. The number of rotatable bonds is 5. The van der Waals surface area contributed by atoms with Crippen LogP contribution in [0.25, 0.3) is 0 Å². The van der Waals surface area contributed by atoms with Gasteiger partial charge in [-0.3, -0.25) is 5.41 Å². The molecule has 1 aromatic carbocycles. The van der Waals surface area contributed by atoms with E-state index in [1.165, 1.54) is 31.5 Å². The minimum atomic E-state index is 0.234. The molecule has 0 bridgehead atoms. The highest BCUT2D eigenvalue weighted by Crippen LogP contribution is 2.23. The highest BCUT2D eigenvalue weighted by molar-refractivity contribution is 5.75. The summed E-state index contributed by atoms with van der Waals surface area (Å²) in [6, 6.07) is 11.2. The van der Waals surface area contributed by atoms with Gasteiger partial charge in [0.2, 0.25) is 0 Å². The molecule has 4 N–H and O–H groups in total. The van der Waals surface area contributed by atoms with Crippen LogP contribution in [0.15, 0.2) is 30.3 Å². The van der Waals surface area contributed by atoms with Gasteiger partial charge in [0.05, 0.1) is 0 Å². The van der Waals surface area contributed by atoms with Crippen LogP contribution in [0.1, 0.15) is 24.8 Å². The van der Waals surface area contributed by atoms with Crippen molar-refractivity contribution in [3.8, 4) is 0 Å². The van der Waals surface area contributed by atoms with Crippen LogP contribution in [-0.2, 0) is 6.42 Å². The highest BCUT2D eigenvalue weighted by atomic mass is 15.3. The first kappa shape index (κ1) is 17.2. The summed E-state index contributed by atoms with van der Waals surface area (Å²) in [7, 11) is 0. The largest absolute Gasteiger partial charge is 0.370 e. The molecule has 0 saturated carbocycles. The standard InChI is InChI=1S/C19H31N5/c20-19(21)24-12-9-22-14-18(24)13-17-7-4-10-23(15-17)11-8-16-5-2-1-3-6-16/h1-3,5-6,17-18,22H,4,7-15H2,(H3,20,21)/t17-,18?/m1/s1. The second kappa shape index (κ2) is 8.49. The van der Waals surface area contributed by atoms with Crippen LogP contribution < -0.4 is 11.1 Å². The number of hydrogen-bond donors (Lipinski definition) is 3. The van der Waals surface area contributed by atoms with Crippen molar-refractivity contribution in [2.75, 3.05) is 39.3 Å². The maximum Gasteiger partial charge on any atom is 0.188 e. The molecular weight excluding hydrogens is 298 g/mol. The van der Waals surface area contributed by atoms with Crippen LogP contribution in [0, 0.1) is 11.3 Å². The van der Waals surface area contributed by atoms with E-state index in [4.69, 9.17) is 11.1 Å². The summed E-state index contributed by atoms with van der Waals surface area (Å²) in [6.45, 7) is 6.33. The molecule has 5 nitrogen and oxygen atoms in total. The van der Waals surface area contributed by atoms with E-state index in [2.05, 4.69) is 45.4 Å². The van der Waals surface area contributed by atoms with Crippen LogP contribution in [0.2, 0.25) is 0 Å². The first-order chi connectivity index (χ1) is 11.7. The second-order valence-corrected chi connectivity index (χ2v) is 7.22. The van der Waals surface area contributed by atoms with E-state index in [9.17, 15) is 0 Å². The smallest absolute Gasteiger partial charge is 0.188 e. The first-order valence-corrected chi connectivity index (χ1v) is 9.30. The van der Waals surface area contributed by atoms with E-state index in [0.29, 0.717) is 6.04 Å². The third-order valence-corrected chi connectivity index (χ3v) is 5.43. The van der Waals surface area contributed by atoms with E-state index >= 15 is 0 Å². The number of piperazine rings is 1. The summed E-state index contributed by atoms with van der Waals surface area (Å²) >= 11 is 0. The van der Waals surface area contributed by atoms with E-state index < -0.39 is 0 Å². The zero-order valence-electron chi connectivity index (χ0n) is 14.6. The summed E-state index contributed by atoms with van der Waals surface area (Å²) in [6.07, 6.45) is 4.89. The molecule has 0 amide bonds. The van der Waals surface area contributed by atoms with E-state index in [-0.39, 0.29) is 5.96 Å². The number of piperidine rings is 1. The Labute approximate surface area is 145 Å². The fourth-order valence-corrected chi connectivity index (χ4v) is 4.15. The SMILES string of the molecule is N=C(N)N1CCNCC1C[C@H]1CCCN(CCc2ccccc2)C1. The molecule has 2 aliphatic rings. The summed E-state index contributed by atoms with van der Waals surface area (Å²) < 4.78 is 0. The average Bonchev–Trinajstić information content (AvgIpc) is 2.61. The average molecular weight is 329 g/mol. The molecule has 0 spiro atoms. The Morgan fingerprint density at radius 2 is 2.08 bits per heavy atom. The molecule has 3 rings (SSSR count). The molecule has 0 aliphatic carbocycles. The number of nitrogens with zero attached hydrogens (tertiary/aromatic N) is 2. The maximum absolute atomic E-state index is 7.80. The van der Waals surface area contributed by atoms with Gasteiger partial charge in [-0.2, -0.15) is 0 Å². The number of guanidine groups is 1. The monoisotopic (exact) mass is 329 g/mol.